The molecule has 1 aromatic heterocycles. The van der Waals surface area contributed by atoms with E-state index in [1.54, 1.807) is 30.3 Å². The third kappa shape index (κ3) is 3.10. The minimum absolute atomic E-state index is 0.00905. The Balaban J connectivity index is 1.44. The SMILES string of the molecule is CN1C(=O)N[C@@H](c2ccco2)C2=C1CN(CCC[NH+]1CCOCC1)C2=O. The summed E-state index contributed by atoms with van der Waals surface area (Å²) in [5.41, 5.74) is 1.40. The minimum Gasteiger partial charge on any atom is -0.467 e. The molecule has 4 heterocycles. The Labute approximate surface area is 152 Å². The van der Waals surface area contributed by atoms with Crippen LogP contribution in [0.1, 0.15) is 18.2 Å². The summed E-state index contributed by atoms with van der Waals surface area (Å²) < 4.78 is 10.8. The number of quaternary nitrogens is 1. The number of carbonyl (C=O) groups excluding carboxylic acids is 2. The molecule has 140 valence electrons. The highest BCUT2D eigenvalue weighted by Gasteiger charge is 2.43. The number of nitrogens with zero attached hydrogens (tertiary/aromatic N) is 2. The Morgan fingerprint density at radius 2 is 2.12 bits per heavy atom. The molecule has 3 aliphatic heterocycles. The van der Waals surface area contributed by atoms with Gasteiger partial charge in [0.15, 0.2) is 0 Å². The van der Waals surface area contributed by atoms with E-state index in [0.29, 0.717) is 24.4 Å². The zero-order valence-corrected chi connectivity index (χ0v) is 15.0. The zero-order valence-electron chi connectivity index (χ0n) is 15.0. The van der Waals surface area contributed by atoms with Crippen molar-refractivity contribution in [3.63, 3.8) is 0 Å². The molecule has 0 unspecified atom stereocenters. The Bertz CT molecular complexity index is 709. The van der Waals surface area contributed by atoms with Crippen LogP contribution >= 0.6 is 0 Å². The van der Waals surface area contributed by atoms with E-state index in [9.17, 15) is 9.59 Å². The maximum Gasteiger partial charge on any atom is 0.322 e. The first-order chi connectivity index (χ1) is 12.6. The lowest BCUT2D eigenvalue weighted by atomic mass is 10.0. The maximum absolute atomic E-state index is 13.0. The van der Waals surface area contributed by atoms with Gasteiger partial charge in [-0.05, 0) is 12.1 Å². The minimum atomic E-state index is -0.508. The highest BCUT2D eigenvalue weighted by molar-refractivity contribution is 6.01. The molecule has 1 saturated heterocycles. The molecule has 3 aliphatic rings. The van der Waals surface area contributed by atoms with Crippen molar-refractivity contribution in [3.05, 3.63) is 35.4 Å². The second kappa shape index (κ2) is 7.13. The Morgan fingerprint density at radius 1 is 1.31 bits per heavy atom. The smallest absolute Gasteiger partial charge is 0.322 e. The van der Waals surface area contributed by atoms with E-state index in [0.717, 1.165) is 45.0 Å². The van der Waals surface area contributed by atoms with Crippen LogP contribution in [0, 0.1) is 0 Å². The number of furan rings is 1. The first-order valence-corrected chi connectivity index (χ1v) is 9.16. The molecule has 26 heavy (non-hydrogen) atoms. The Morgan fingerprint density at radius 3 is 2.85 bits per heavy atom. The molecular weight excluding hydrogens is 336 g/mol. The molecule has 0 radical (unpaired) electrons. The summed E-state index contributed by atoms with van der Waals surface area (Å²) in [6.45, 7) is 5.91. The van der Waals surface area contributed by atoms with Crippen LogP contribution in [0.3, 0.4) is 0 Å². The van der Waals surface area contributed by atoms with Gasteiger partial charge in [-0.1, -0.05) is 0 Å². The molecule has 0 aliphatic carbocycles. The Kier molecular flexibility index (Phi) is 4.69. The standard InChI is InChI=1S/C18H24N4O4/c1-20-13-12-22(6-3-5-21-7-10-25-11-8-21)17(23)15(13)16(19-18(20)24)14-4-2-9-26-14/h2,4,9,16H,3,5-8,10-12H2,1H3,(H,19,24)/p+1/t16-/m0/s1. The van der Waals surface area contributed by atoms with Crippen LogP contribution in [-0.2, 0) is 9.53 Å². The summed E-state index contributed by atoms with van der Waals surface area (Å²) in [6, 6.07) is 2.84. The molecule has 1 atom stereocenters. The van der Waals surface area contributed by atoms with E-state index in [1.807, 2.05) is 4.90 Å². The van der Waals surface area contributed by atoms with Crippen molar-refractivity contribution in [2.24, 2.45) is 0 Å². The molecule has 4 rings (SSSR count). The number of likely N-dealkylation sites (N-methyl/N-ethyl adjacent to an activating group) is 1. The first-order valence-electron chi connectivity index (χ1n) is 9.16. The van der Waals surface area contributed by atoms with Gasteiger partial charge >= 0.3 is 6.03 Å². The summed E-state index contributed by atoms with van der Waals surface area (Å²) in [6.07, 6.45) is 2.50. The monoisotopic (exact) mass is 361 g/mol. The summed E-state index contributed by atoms with van der Waals surface area (Å²) in [7, 11) is 1.71. The number of rotatable bonds is 5. The van der Waals surface area contributed by atoms with Crippen molar-refractivity contribution in [1.29, 1.82) is 0 Å². The second-order valence-corrected chi connectivity index (χ2v) is 7.01. The fourth-order valence-electron chi connectivity index (χ4n) is 3.90. The van der Waals surface area contributed by atoms with E-state index in [1.165, 1.54) is 4.90 Å². The van der Waals surface area contributed by atoms with Gasteiger partial charge in [-0.25, -0.2) is 4.79 Å². The van der Waals surface area contributed by atoms with Crippen LogP contribution in [0.4, 0.5) is 4.79 Å². The lowest BCUT2D eigenvalue weighted by Crippen LogP contribution is -3.14. The number of hydrogen-bond donors (Lipinski definition) is 2. The topological polar surface area (TPSA) is 79.5 Å². The summed E-state index contributed by atoms with van der Waals surface area (Å²) in [4.78, 5) is 30.2. The number of hydrogen-bond acceptors (Lipinski definition) is 4. The number of nitrogens with one attached hydrogen (secondary N) is 2. The van der Waals surface area contributed by atoms with E-state index in [4.69, 9.17) is 9.15 Å². The highest BCUT2D eigenvalue weighted by atomic mass is 16.5. The lowest BCUT2D eigenvalue weighted by molar-refractivity contribution is -0.908. The van der Waals surface area contributed by atoms with Gasteiger partial charge in [-0.15, -0.1) is 0 Å². The fraction of sp³-hybridized carbons (Fsp3) is 0.556. The predicted molar refractivity (Wildman–Crippen MR) is 92.3 cm³/mol. The zero-order chi connectivity index (χ0) is 18.1. The first kappa shape index (κ1) is 17.1. The van der Waals surface area contributed by atoms with E-state index in [-0.39, 0.29) is 11.9 Å². The lowest BCUT2D eigenvalue weighted by Gasteiger charge is -2.29. The quantitative estimate of drug-likeness (QED) is 0.733. The Hall–Kier alpha value is -2.32. The van der Waals surface area contributed by atoms with E-state index < -0.39 is 6.04 Å². The van der Waals surface area contributed by atoms with Crippen LogP contribution in [0.5, 0.6) is 0 Å². The second-order valence-electron chi connectivity index (χ2n) is 7.01. The van der Waals surface area contributed by atoms with Gasteiger partial charge in [0.25, 0.3) is 5.91 Å². The van der Waals surface area contributed by atoms with Crippen molar-refractivity contribution in [2.45, 2.75) is 12.5 Å². The van der Waals surface area contributed by atoms with Crippen molar-refractivity contribution in [2.75, 3.05) is 53.0 Å². The normalized spacial score (nSPS) is 24.3. The highest BCUT2D eigenvalue weighted by Crippen LogP contribution is 2.35. The van der Waals surface area contributed by atoms with Crippen LogP contribution in [0.25, 0.3) is 0 Å². The van der Waals surface area contributed by atoms with E-state index in [2.05, 4.69) is 5.32 Å². The molecular formula is C18H25N4O4+. The fourth-order valence-corrected chi connectivity index (χ4v) is 3.90. The van der Waals surface area contributed by atoms with Crippen molar-refractivity contribution in [3.8, 4) is 0 Å². The number of urea groups is 1. The van der Waals surface area contributed by atoms with Crippen LogP contribution < -0.4 is 10.2 Å². The van der Waals surface area contributed by atoms with Gasteiger partial charge in [0.1, 0.15) is 24.9 Å². The molecule has 8 heteroatoms. The molecule has 0 bridgehead atoms. The molecule has 0 aromatic carbocycles. The third-order valence-corrected chi connectivity index (χ3v) is 5.42. The third-order valence-electron chi connectivity index (χ3n) is 5.42. The van der Waals surface area contributed by atoms with Gasteiger partial charge in [0.05, 0.1) is 43.8 Å². The number of amides is 3. The molecule has 8 nitrogen and oxygen atoms in total. The molecule has 1 aromatic rings. The van der Waals surface area contributed by atoms with Gasteiger partial charge in [0.2, 0.25) is 0 Å². The molecule has 3 amide bonds. The van der Waals surface area contributed by atoms with Gasteiger partial charge in [-0.3, -0.25) is 9.69 Å². The number of ether oxygens (including phenoxy) is 1. The van der Waals surface area contributed by atoms with Crippen LogP contribution in [-0.4, -0.2) is 74.7 Å². The van der Waals surface area contributed by atoms with Gasteiger partial charge in [0, 0.05) is 20.0 Å². The van der Waals surface area contributed by atoms with Crippen molar-refractivity contribution >= 4 is 11.9 Å². The number of morpholine rings is 1. The molecule has 1 fully saturated rings. The number of carbonyl (C=O) groups is 2. The van der Waals surface area contributed by atoms with Gasteiger partial charge < -0.3 is 24.3 Å². The molecule has 0 spiro atoms. The van der Waals surface area contributed by atoms with Gasteiger partial charge in [-0.2, -0.15) is 0 Å². The van der Waals surface area contributed by atoms with Crippen molar-refractivity contribution in [1.82, 2.24) is 15.1 Å². The van der Waals surface area contributed by atoms with Crippen LogP contribution in [0.15, 0.2) is 34.1 Å². The summed E-state index contributed by atoms with van der Waals surface area (Å²) >= 11 is 0. The summed E-state index contributed by atoms with van der Waals surface area (Å²) in [5, 5.41) is 2.87. The summed E-state index contributed by atoms with van der Waals surface area (Å²) in [5.74, 6) is 0.581. The predicted octanol–water partition coefficient (Wildman–Crippen LogP) is -0.623. The molecule has 0 saturated carbocycles. The van der Waals surface area contributed by atoms with E-state index >= 15 is 0 Å². The largest absolute Gasteiger partial charge is 0.467 e. The van der Waals surface area contributed by atoms with Crippen LogP contribution in [0.2, 0.25) is 0 Å². The molecule has 2 N–H and O–H groups in total. The average molecular weight is 361 g/mol. The van der Waals surface area contributed by atoms with Crippen molar-refractivity contribution < 1.29 is 23.6 Å². The average Bonchev–Trinajstić information content (AvgIpc) is 3.29. The maximum atomic E-state index is 13.0.